The minimum atomic E-state index is -3.65. The Kier molecular flexibility index (Phi) is 3.56. The summed E-state index contributed by atoms with van der Waals surface area (Å²) in [6, 6.07) is 14.2. The Balaban J connectivity index is 2.47. The zero-order valence-corrected chi connectivity index (χ0v) is 11.8. The van der Waals surface area contributed by atoms with Crippen molar-refractivity contribution in [2.45, 2.75) is 4.90 Å². The highest BCUT2D eigenvalue weighted by molar-refractivity contribution is 9.10. The molecule has 0 bridgehead atoms. The molecule has 0 atom stereocenters. The van der Waals surface area contributed by atoms with Crippen LogP contribution in [-0.2, 0) is 9.05 Å². The molecule has 2 aromatic carbocycles. The zero-order valence-electron chi connectivity index (χ0n) is 8.60. The van der Waals surface area contributed by atoms with Gasteiger partial charge in [0.2, 0.25) is 0 Å². The van der Waals surface area contributed by atoms with E-state index in [0.29, 0.717) is 0 Å². The Labute approximate surface area is 113 Å². The molecule has 2 nitrogen and oxygen atoms in total. The molecule has 0 heterocycles. The minimum absolute atomic E-state index is 0.106. The fourth-order valence-corrected chi connectivity index (χ4v) is 2.78. The van der Waals surface area contributed by atoms with Crippen LogP contribution in [0.2, 0.25) is 0 Å². The lowest BCUT2D eigenvalue weighted by Crippen LogP contribution is -1.90. The Morgan fingerprint density at radius 1 is 0.941 bits per heavy atom. The third-order valence-electron chi connectivity index (χ3n) is 2.32. The summed E-state index contributed by atoms with van der Waals surface area (Å²) in [5.74, 6) is 0. The van der Waals surface area contributed by atoms with Gasteiger partial charge in [0.05, 0.1) is 4.90 Å². The van der Waals surface area contributed by atoms with Crippen LogP contribution in [0.1, 0.15) is 0 Å². The van der Waals surface area contributed by atoms with E-state index in [0.717, 1.165) is 15.6 Å². The van der Waals surface area contributed by atoms with Crippen LogP contribution in [0.4, 0.5) is 0 Å². The third kappa shape index (κ3) is 2.89. The second kappa shape index (κ2) is 4.80. The van der Waals surface area contributed by atoms with Crippen molar-refractivity contribution >= 4 is 35.7 Å². The molecule has 0 N–H and O–H groups in total. The fourth-order valence-electron chi connectivity index (χ4n) is 1.49. The predicted octanol–water partition coefficient (Wildman–Crippen LogP) is 4.04. The standard InChI is InChI=1S/C12H8BrClO2S/c13-12-4-2-1-3-11(12)9-5-7-10(8-6-9)17(14,15)16/h1-8H. The van der Waals surface area contributed by atoms with Crippen LogP contribution in [0.3, 0.4) is 0 Å². The first kappa shape index (κ1) is 12.6. The normalized spacial score (nSPS) is 11.4. The number of benzene rings is 2. The van der Waals surface area contributed by atoms with Crippen molar-refractivity contribution in [2.24, 2.45) is 0 Å². The molecule has 17 heavy (non-hydrogen) atoms. The van der Waals surface area contributed by atoms with Crippen LogP contribution in [0, 0.1) is 0 Å². The summed E-state index contributed by atoms with van der Waals surface area (Å²) in [5.41, 5.74) is 1.94. The van der Waals surface area contributed by atoms with Gasteiger partial charge in [-0.2, -0.15) is 0 Å². The van der Waals surface area contributed by atoms with Gasteiger partial charge in [0.15, 0.2) is 0 Å². The van der Waals surface area contributed by atoms with E-state index >= 15 is 0 Å². The summed E-state index contributed by atoms with van der Waals surface area (Å²) in [5, 5.41) is 0. The lowest BCUT2D eigenvalue weighted by molar-refractivity contribution is 0.609. The molecule has 0 aliphatic heterocycles. The molecular formula is C12H8BrClO2S. The molecule has 88 valence electrons. The molecule has 0 spiro atoms. The van der Waals surface area contributed by atoms with Crippen molar-refractivity contribution in [1.82, 2.24) is 0 Å². The molecule has 0 aliphatic carbocycles. The van der Waals surface area contributed by atoms with Gasteiger partial charge in [-0.1, -0.05) is 46.3 Å². The quantitative estimate of drug-likeness (QED) is 0.778. The van der Waals surface area contributed by atoms with Crippen LogP contribution in [0.25, 0.3) is 11.1 Å². The van der Waals surface area contributed by atoms with Gasteiger partial charge in [0.1, 0.15) is 0 Å². The van der Waals surface area contributed by atoms with Gasteiger partial charge in [-0.05, 0) is 29.3 Å². The van der Waals surface area contributed by atoms with Gasteiger partial charge < -0.3 is 0 Å². The maximum atomic E-state index is 11.1. The van der Waals surface area contributed by atoms with E-state index in [1.165, 1.54) is 12.1 Å². The molecule has 2 rings (SSSR count). The average Bonchev–Trinajstić information content (AvgIpc) is 2.29. The van der Waals surface area contributed by atoms with Crippen molar-refractivity contribution in [3.05, 3.63) is 53.0 Å². The largest absolute Gasteiger partial charge is 0.261 e. The highest BCUT2D eigenvalue weighted by Crippen LogP contribution is 2.28. The zero-order chi connectivity index (χ0) is 12.5. The molecule has 5 heteroatoms. The maximum absolute atomic E-state index is 11.1. The maximum Gasteiger partial charge on any atom is 0.261 e. The highest BCUT2D eigenvalue weighted by atomic mass is 79.9. The van der Waals surface area contributed by atoms with Crippen LogP contribution in [-0.4, -0.2) is 8.42 Å². The lowest BCUT2D eigenvalue weighted by atomic mass is 10.1. The fraction of sp³-hybridized carbons (Fsp3) is 0. The van der Waals surface area contributed by atoms with E-state index in [-0.39, 0.29) is 4.90 Å². The third-order valence-corrected chi connectivity index (χ3v) is 4.38. The second-order valence-electron chi connectivity index (χ2n) is 3.44. The molecule has 0 amide bonds. The van der Waals surface area contributed by atoms with Gasteiger partial charge in [0.25, 0.3) is 9.05 Å². The number of hydrogen-bond donors (Lipinski definition) is 0. The summed E-state index contributed by atoms with van der Waals surface area (Å²) >= 11 is 3.45. The van der Waals surface area contributed by atoms with Gasteiger partial charge in [-0.25, -0.2) is 8.42 Å². The van der Waals surface area contributed by atoms with E-state index in [9.17, 15) is 8.42 Å². The van der Waals surface area contributed by atoms with Gasteiger partial charge >= 0.3 is 0 Å². The SMILES string of the molecule is O=S(=O)(Cl)c1ccc(-c2ccccc2Br)cc1. The van der Waals surface area contributed by atoms with Crippen molar-refractivity contribution in [1.29, 1.82) is 0 Å². The number of hydrogen-bond acceptors (Lipinski definition) is 2. The molecule has 2 aromatic rings. The van der Waals surface area contributed by atoms with Gasteiger partial charge in [0, 0.05) is 15.2 Å². The molecule has 0 radical (unpaired) electrons. The Hall–Kier alpha value is -0.840. The molecule has 0 aromatic heterocycles. The Morgan fingerprint density at radius 2 is 1.53 bits per heavy atom. The van der Waals surface area contributed by atoms with Crippen molar-refractivity contribution in [2.75, 3.05) is 0 Å². The summed E-state index contributed by atoms with van der Waals surface area (Å²) in [4.78, 5) is 0.106. The molecule has 0 saturated heterocycles. The highest BCUT2D eigenvalue weighted by Gasteiger charge is 2.10. The predicted molar refractivity (Wildman–Crippen MR) is 72.6 cm³/mol. The first-order valence-corrected chi connectivity index (χ1v) is 7.88. The van der Waals surface area contributed by atoms with Crippen LogP contribution in [0.15, 0.2) is 57.9 Å². The van der Waals surface area contributed by atoms with E-state index in [4.69, 9.17) is 10.7 Å². The van der Waals surface area contributed by atoms with Gasteiger partial charge in [-0.15, -0.1) is 0 Å². The second-order valence-corrected chi connectivity index (χ2v) is 6.86. The lowest BCUT2D eigenvalue weighted by Gasteiger charge is -2.04. The number of rotatable bonds is 2. The summed E-state index contributed by atoms with van der Waals surface area (Å²) in [6.45, 7) is 0. The molecular weight excluding hydrogens is 324 g/mol. The Bertz CT molecular complexity index is 636. The van der Waals surface area contributed by atoms with E-state index in [2.05, 4.69) is 15.9 Å². The smallest absolute Gasteiger partial charge is 0.207 e. The molecule has 0 saturated carbocycles. The Morgan fingerprint density at radius 3 is 2.06 bits per heavy atom. The van der Waals surface area contributed by atoms with E-state index < -0.39 is 9.05 Å². The van der Waals surface area contributed by atoms with Crippen molar-refractivity contribution in [3.8, 4) is 11.1 Å². The van der Waals surface area contributed by atoms with Crippen LogP contribution >= 0.6 is 26.6 Å². The van der Waals surface area contributed by atoms with E-state index in [1.54, 1.807) is 12.1 Å². The summed E-state index contributed by atoms with van der Waals surface area (Å²) < 4.78 is 23.2. The van der Waals surface area contributed by atoms with Crippen LogP contribution in [0.5, 0.6) is 0 Å². The molecule has 0 unspecified atom stereocenters. The number of halogens is 2. The average molecular weight is 332 g/mol. The first-order chi connectivity index (χ1) is 7.98. The summed E-state index contributed by atoms with van der Waals surface area (Å²) in [7, 11) is 1.60. The molecule has 0 fully saturated rings. The first-order valence-electron chi connectivity index (χ1n) is 4.78. The molecule has 0 aliphatic rings. The van der Waals surface area contributed by atoms with Gasteiger partial charge in [-0.3, -0.25) is 0 Å². The van der Waals surface area contributed by atoms with Crippen molar-refractivity contribution in [3.63, 3.8) is 0 Å². The topological polar surface area (TPSA) is 34.1 Å². The monoisotopic (exact) mass is 330 g/mol. The van der Waals surface area contributed by atoms with E-state index in [1.807, 2.05) is 24.3 Å². The minimum Gasteiger partial charge on any atom is -0.207 e. The van der Waals surface area contributed by atoms with Crippen molar-refractivity contribution < 1.29 is 8.42 Å². The summed E-state index contributed by atoms with van der Waals surface area (Å²) in [6.07, 6.45) is 0. The van der Waals surface area contributed by atoms with Crippen LogP contribution < -0.4 is 0 Å².